The highest BCUT2D eigenvalue weighted by molar-refractivity contribution is 7.12. The number of aryl methyl sites for hydroxylation is 1. The molecule has 0 aromatic carbocycles. The number of rotatable bonds is 3. The normalized spacial score (nSPS) is 15.2. The van der Waals surface area contributed by atoms with Gasteiger partial charge in [-0.25, -0.2) is 4.57 Å². The highest BCUT2D eigenvalue weighted by atomic mass is 32.1. The van der Waals surface area contributed by atoms with Gasteiger partial charge in [-0.05, 0) is 35.0 Å². The van der Waals surface area contributed by atoms with Crippen molar-refractivity contribution < 1.29 is 4.57 Å². The van der Waals surface area contributed by atoms with E-state index in [9.17, 15) is 5.26 Å². The van der Waals surface area contributed by atoms with E-state index in [1.54, 1.807) is 0 Å². The smallest absolute Gasteiger partial charge is 0.378 e. The van der Waals surface area contributed by atoms with E-state index in [0.29, 0.717) is 11.3 Å². The number of hydrogen-bond donors (Lipinski definition) is 0. The van der Waals surface area contributed by atoms with Gasteiger partial charge >= 0.3 is 5.13 Å². The van der Waals surface area contributed by atoms with Gasteiger partial charge in [-0.2, -0.15) is 5.26 Å². The summed E-state index contributed by atoms with van der Waals surface area (Å²) in [6, 6.07) is 2.19. The number of likely N-dealkylation sites (N-methyl/N-ethyl adjacent to an activating group) is 1. The van der Waals surface area contributed by atoms with Crippen LogP contribution < -0.4 is 4.57 Å². The average molecular weight is 286 g/mol. The third kappa shape index (κ3) is 3.19. The van der Waals surface area contributed by atoms with Gasteiger partial charge in [-0.1, -0.05) is 6.08 Å². The second-order valence-corrected chi connectivity index (χ2v) is 5.39. The Hall–Kier alpha value is -2.26. The molecule has 0 radical (unpaired) electrons. The van der Waals surface area contributed by atoms with E-state index < -0.39 is 0 Å². The molecule has 0 N–H and O–H groups in total. The zero-order valence-electron chi connectivity index (χ0n) is 11.7. The predicted octanol–water partition coefficient (Wildman–Crippen LogP) is 2.84. The van der Waals surface area contributed by atoms with E-state index >= 15 is 0 Å². The van der Waals surface area contributed by atoms with E-state index in [1.807, 2.05) is 54.3 Å². The molecule has 1 aliphatic carbocycles. The van der Waals surface area contributed by atoms with Crippen molar-refractivity contribution in [2.24, 2.45) is 17.3 Å². The number of hydrogen-bond acceptors (Lipinski definition) is 5. The summed E-state index contributed by atoms with van der Waals surface area (Å²) in [5.74, 6) is 0. The molecule has 102 valence electrons. The number of nitriles is 1. The van der Waals surface area contributed by atoms with Crippen LogP contribution in [0.3, 0.4) is 0 Å². The van der Waals surface area contributed by atoms with Gasteiger partial charge in [0.15, 0.2) is 0 Å². The largest absolute Gasteiger partial charge is 0.408 e. The fourth-order valence-corrected chi connectivity index (χ4v) is 2.38. The number of allylic oxidation sites excluding steroid dienone is 4. The van der Waals surface area contributed by atoms with E-state index in [-0.39, 0.29) is 0 Å². The van der Waals surface area contributed by atoms with E-state index in [2.05, 4.69) is 22.4 Å². The van der Waals surface area contributed by atoms with Crippen LogP contribution in [-0.4, -0.2) is 19.0 Å². The third-order valence-corrected chi connectivity index (χ3v) is 3.68. The fourth-order valence-electron chi connectivity index (χ4n) is 1.70. The van der Waals surface area contributed by atoms with Crippen LogP contribution in [0.5, 0.6) is 0 Å². The van der Waals surface area contributed by atoms with Crippen LogP contribution in [0.25, 0.3) is 0 Å². The lowest BCUT2D eigenvalue weighted by atomic mass is 10.2. The molecule has 1 aliphatic rings. The molecule has 0 bridgehead atoms. The van der Waals surface area contributed by atoms with Crippen LogP contribution in [0.4, 0.5) is 5.13 Å². The molecule has 0 saturated carbocycles. The zero-order valence-corrected chi connectivity index (χ0v) is 12.6. The summed E-state index contributed by atoms with van der Waals surface area (Å²) in [6.07, 6.45) is 8.48. The number of aromatic nitrogens is 1. The Balaban J connectivity index is 2.27. The Bertz CT molecular complexity index is 655. The van der Waals surface area contributed by atoms with E-state index in [4.69, 9.17) is 0 Å². The van der Waals surface area contributed by atoms with Gasteiger partial charge in [0.1, 0.15) is 18.0 Å². The molecular formula is C14H16N5S+. The minimum absolute atomic E-state index is 0.533. The summed E-state index contributed by atoms with van der Waals surface area (Å²) in [5.41, 5.74) is 2.16. The maximum Gasteiger partial charge on any atom is 0.408 e. The SMILES string of the molecule is CN(C)C1=CCC=C(N=Nc2scc[n+]2C)C(C#N)=C1. The summed E-state index contributed by atoms with van der Waals surface area (Å²) in [6.45, 7) is 0. The van der Waals surface area contributed by atoms with Crippen molar-refractivity contribution in [1.29, 1.82) is 5.26 Å². The second kappa shape index (κ2) is 6.26. The number of nitrogens with zero attached hydrogens (tertiary/aromatic N) is 5. The van der Waals surface area contributed by atoms with Gasteiger partial charge in [-0.15, -0.1) is 0 Å². The quantitative estimate of drug-likeness (QED) is 0.633. The summed E-state index contributed by atoms with van der Waals surface area (Å²) < 4.78 is 1.89. The van der Waals surface area contributed by atoms with Crippen molar-refractivity contribution in [3.8, 4) is 6.07 Å². The number of thiazole rings is 1. The summed E-state index contributed by atoms with van der Waals surface area (Å²) in [7, 11) is 5.82. The summed E-state index contributed by atoms with van der Waals surface area (Å²) in [5, 5.41) is 20.5. The monoisotopic (exact) mass is 286 g/mol. The Labute approximate surface area is 122 Å². The molecule has 20 heavy (non-hydrogen) atoms. The first-order valence-corrected chi connectivity index (χ1v) is 7.04. The first-order valence-electron chi connectivity index (χ1n) is 6.16. The zero-order chi connectivity index (χ0) is 14.5. The van der Waals surface area contributed by atoms with Gasteiger partial charge in [-0.3, -0.25) is 0 Å². The first-order chi connectivity index (χ1) is 9.61. The van der Waals surface area contributed by atoms with Gasteiger partial charge in [0, 0.05) is 25.2 Å². The molecule has 2 rings (SSSR count). The molecule has 0 fully saturated rings. The van der Waals surface area contributed by atoms with E-state index in [0.717, 1.165) is 17.2 Å². The van der Waals surface area contributed by atoms with Crippen LogP contribution >= 0.6 is 11.3 Å². The van der Waals surface area contributed by atoms with Crippen molar-refractivity contribution in [3.63, 3.8) is 0 Å². The minimum atomic E-state index is 0.533. The Morgan fingerprint density at radius 1 is 1.35 bits per heavy atom. The average Bonchev–Trinajstić information content (AvgIpc) is 2.72. The van der Waals surface area contributed by atoms with Crippen molar-refractivity contribution in [1.82, 2.24) is 4.90 Å². The lowest BCUT2D eigenvalue weighted by Crippen LogP contribution is -2.23. The lowest BCUT2D eigenvalue weighted by Gasteiger charge is -2.12. The molecule has 0 spiro atoms. The van der Waals surface area contributed by atoms with Gasteiger partial charge in [0.25, 0.3) is 0 Å². The topological polar surface area (TPSA) is 55.6 Å². The predicted molar refractivity (Wildman–Crippen MR) is 78.2 cm³/mol. The Morgan fingerprint density at radius 3 is 2.75 bits per heavy atom. The molecule has 0 atom stereocenters. The highest BCUT2D eigenvalue weighted by Gasteiger charge is 2.13. The Kier molecular flexibility index (Phi) is 4.43. The maximum absolute atomic E-state index is 9.29. The Morgan fingerprint density at radius 2 is 2.15 bits per heavy atom. The molecule has 5 nitrogen and oxygen atoms in total. The molecular weight excluding hydrogens is 270 g/mol. The molecule has 1 heterocycles. The van der Waals surface area contributed by atoms with Gasteiger partial charge in [0.2, 0.25) is 0 Å². The van der Waals surface area contributed by atoms with Gasteiger partial charge < -0.3 is 4.90 Å². The molecule has 0 unspecified atom stereocenters. The van der Waals surface area contributed by atoms with E-state index in [1.165, 1.54) is 11.3 Å². The summed E-state index contributed by atoms with van der Waals surface area (Å²) >= 11 is 1.51. The highest BCUT2D eigenvalue weighted by Crippen LogP contribution is 2.22. The van der Waals surface area contributed by atoms with Crippen LogP contribution in [0.2, 0.25) is 0 Å². The third-order valence-electron chi connectivity index (χ3n) is 2.85. The minimum Gasteiger partial charge on any atom is -0.378 e. The molecule has 1 aromatic rings. The first kappa shape index (κ1) is 14.2. The maximum atomic E-state index is 9.29. The molecule has 0 saturated heterocycles. The van der Waals surface area contributed by atoms with Crippen LogP contribution in [0, 0.1) is 11.3 Å². The molecule has 0 aliphatic heterocycles. The molecule has 1 aromatic heterocycles. The molecule has 6 heteroatoms. The second-order valence-electron chi connectivity index (χ2n) is 4.51. The van der Waals surface area contributed by atoms with Gasteiger partial charge in [0.05, 0.1) is 17.7 Å². The van der Waals surface area contributed by atoms with Crippen molar-refractivity contribution in [3.05, 3.63) is 46.8 Å². The molecule has 0 amide bonds. The van der Waals surface area contributed by atoms with Crippen molar-refractivity contribution >= 4 is 16.5 Å². The lowest BCUT2D eigenvalue weighted by molar-refractivity contribution is -0.654. The van der Waals surface area contributed by atoms with Crippen molar-refractivity contribution in [2.75, 3.05) is 14.1 Å². The van der Waals surface area contributed by atoms with Crippen LogP contribution in [-0.2, 0) is 7.05 Å². The van der Waals surface area contributed by atoms with Crippen LogP contribution in [0.15, 0.2) is 57.0 Å². The standard InChI is InChI=1S/C14H16N5S/c1-18(2)12-5-4-6-13(11(9-12)10-15)16-17-14-19(3)7-8-20-14/h5-9H,4H2,1-3H3/q+1. The number of azo groups is 1. The summed E-state index contributed by atoms with van der Waals surface area (Å²) in [4.78, 5) is 1.98. The fraction of sp³-hybridized carbons (Fsp3) is 0.286. The van der Waals surface area contributed by atoms with Crippen molar-refractivity contribution in [2.45, 2.75) is 6.42 Å². The van der Waals surface area contributed by atoms with Crippen LogP contribution in [0.1, 0.15) is 6.42 Å².